The van der Waals surface area contributed by atoms with Gasteiger partial charge in [0.15, 0.2) is 0 Å². The van der Waals surface area contributed by atoms with Crippen LogP contribution in [-0.4, -0.2) is 6.04 Å². The van der Waals surface area contributed by atoms with Crippen LogP contribution in [0.5, 0.6) is 0 Å². The third-order valence-electron chi connectivity index (χ3n) is 3.59. The molecule has 1 aromatic carbocycles. The molecule has 2 nitrogen and oxygen atoms in total. The smallest absolute Gasteiger partial charge is 0.134 e. The molecule has 1 aliphatic rings. The van der Waals surface area contributed by atoms with Gasteiger partial charge in [-0.25, -0.2) is 0 Å². The summed E-state index contributed by atoms with van der Waals surface area (Å²) in [6.45, 7) is 3.10. The van der Waals surface area contributed by atoms with Gasteiger partial charge in [0.05, 0.1) is 6.54 Å². The van der Waals surface area contributed by atoms with Crippen LogP contribution < -0.4 is 5.32 Å². The number of nitrogens with one attached hydrogen (secondary N) is 1. The molecule has 0 spiro atoms. The van der Waals surface area contributed by atoms with E-state index in [0.717, 1.165) is 23.9 Å². The maximum atomic E-state index is 5.84. The monoisotopic (exact) mass is 243 g/mol. The van der Waals surface area contributed by atoms with E-state index in [9.17, 15) is 0 Å². The standard InChI is InChI=1S/C16H21NO/c1-2-3-4-12-5-8-16-13(9-12)10-15(18-16)11-17-14-6-7-14/h5,8-10,14,17H,2-4,6-7,11H2,1H3. The van der Waals surface area contributed by atoms with Gasteiger partial charge in [0.25, 0.3) is 0 Å². The summed E-state index contributed by atoms with van der Waals surface area (Å²) >= 11 is 0. The Morgan fingerprint density at radius 2 is 2.17 bits per heavy atom. The van der Waals surface area contributed by atoms with E-state index in [-0.39, 0.29) is 0 Å². The molecular formula is C16H21NO. The maximum Gasteiger partial charge on any atom is 0.134 e. The molecule has 2 aromatic rings. The van der Waals surface area contributed by atoms with Gasteiger partial charge in [-0.05, 0) is 49.4 Å². The first kappa shape index (κ1) is 11.8. The molecule has 18 heavy (non-hydrogen) atoms. The number of benzene rings is 1. The van der Waals surface area contributed by atoms with Crippen LogP contribution in [-0.2, 0) is 13.0 Å². The maximum absolute atomic E-state index is 5.84. The molecule has 0 radical (unpaired) electrons. The van der Waals surface area contributed by atoms with Gasteiger partial charge >= 0.3 is 0 Å². The van der Waals surface area contributed by atoms with E-state index >= 15 is 0 Å². The molecule has 2 heteroatoms. The van der Waals surface area contributed by atoms with Gasteiger partial charge in [-0.15, -0.1) is 0 Å². The Kier molecular flexibility index (Phi) is 3.37. The Morgan fingerprint density at radius 3 is 2.94 bits per heavy atom. The van der Waals surface area contributed by atoms with Gasteiger partial charge < -0.3 is 9.73 Å². The molecule has 0 atom stereocenters. The predicted molar refractivity (Wildman–Crippen MR) is 74.7 cm³/mol. The van der Waals surface area contributed by atoms with Crippen LogP contribution in [0.4, 0.5) is 0 Å². The molecule has 1 saturated carbocycles. The van der Waals surface area contributed by atoms with E-state index in [4.69, 9.17) is 4.42 Å². The zero-order valence-corrected chi connectivity index (χ0v) is 11.0. The fourth-order valence-corrected chi connectivity index (χ4v) is 2.30. The summed E-state index contributed by atoms with van der Waals surface area (Å²) in [6, 6.07) is 9.49. The molecule has 3 rings (SSSR count). The van der Waals surface area contributed by atoms with Crippen LogP contribution in [0.15, 0.2) is 28.7 Å². The predicted octanol–water partition coefficient (Wildman–Crippen LogP) is 4.03. The number of unbranched alkanes of at least 4 members (excludes halogenated alkanes) is 1. The van der Waals surface area contributed by atoms with Crippen LogP contribution in [0.25, 0.3) is 11.0 Å². The molecule has 0 bridgehead atoms. The highest BCUT2D eigenvalue weighted by Crippen LogP contribution is 2.23. The zero-order valence-electron chi connectivity index (χ0n) is 11.0. The second-order valence-electron chi connectivity index (χ2n) is 5.34. The molecule has 1 heterocycles. The Balaban J connectivity index is 1.73. The summed E-state index contributed by atoms with van der Waals surface area (Å²) < 4.78 is 5.84. The quantitative estimate of drug-likeness (QED) is 0.828. The minimum absolute atomic E-state index is 0.735. The minimum atomic E-state index is 0.735. The van der Waals surface area contributed by atoms with E-state index in [1.165, 1.54) is 43.1 Å². The van der Waals surface area contributed by atoms with Crippen LogP contribution in [0.2, 0.25) is 0 Å². The fraction of sp³-hybridized carbons (Fsp3) is 0.500. The Labute approximate surface area is 108 Å². The summed E-state index contributed by atoms with van der Waals surface area (Å²) in [5.74, 6) is 1.06. The number of fused-ring (bicyclic) bond motifs is 1. The van der Waals surface area contributed by atoms with Gasteiger partial charge in [0, 0.05) is 11.4 Å². The van der Waals surface area contributed by atoms with Crippen LogP contribution in [0.3, 0.4) is 0 Å². The zero-order chi connectivity index (χ0) is 12.4. The van der Waals surface area contributed by atoms with Crippen molar-refractivity contribution in [2.45, 2.75) is 51.6 Å². The summed E-state index contributed by atoms with van der Waals surface area (Å²) in [4.78, 5) is 0. The topological polar surface area (TPSA) is 25.2 Å². The van der Waals surface area contributed by atoms with Crippen molar-refractivity contribution >= 4 is 11.0 Å². The van der Waals surface area contributed by atoms with E-state index in [2.05, 4.69) is 36.5 Å². The summed E-state index contributed by atoms with van der Waals surface area (Å²) in [5, 5.41) is 4.74. The van der Waals surface area contributed by atoms with Crippen LogP contribution in [0.1, 0.15) is 43.9 Å². The molecule has 1 aliphatic carbocycles. The van der Waals surface area contributed by atoms with Crippen molar-refractivity contribution in [2.75, 3.05) is 0 Å². The Bertz CT molecular complexity index is 525. The first-order chi connectivity index (χ1) is 8.85. The van der Waals surface area contributed by atoms with Crippen molar-refractivity contribution in [3.63, 3.8) is 0 Å². The summed E-state index contributed by atoms with van der Waals surface area (Å²) in [6.07, 6.45) is 6.33. The number of rotatable bonds is 6. The third kappa shape index (κ3) is 2.75. The lowest BCUT2D eigenvalue weighted by Gasteiger charge is -1.98. The van der Waals surface area contributed by atoms with Crippen molar-refractivity contribution in [1.82, 2.24) is 5.32 Å². The fourth-order valence-electron chi connectivity index (χ4n) is 2.30. The average molecular weight is 243 g/mol. The van der Waals surface area contributed by atoms with Crippen LogP contribution >= 0.6 is 0 Å². The van der Waals surface area contributed by atoms with Gasteiger partial charge in [-0.2, -0.15) is 0 Å². The molecule has 0 amide bonds. The Morgan fingerprint density at radius 1 is 1.28 bits per heavy atom. The second-order valence-corrected chi connectivity index (χ2v) is 5.34. The number of hydrogen-bond donors (Lipinski definition) is 1. The number of hydrogen-bond acceptors (Lipinski definition) is 2. The van der Waals surface area contributed by atoms with E-state index in [1.807, 2.05) is 0 Å². The van der Waals surface area contributed by atoms with Crippen molar-refractivity contribution in [3.05, 3.63) is 35.6 Å². The van der Waals surface area contributed by atoms with Gasteiger partial charge in [0.2, 0.25) is 0 Å². The first-order valence-corrected chi connectivity index (χ1v) is 7.10. The van der Waals surface area contributed by atoms with Crippen molar-refractivity contribution < 1.29 is 4.42 Å². The van der Waals surface area contributed by atoms with Gasteiger partial charge in [-0.1, -0.05) is 19.4 Å². The van der Waals surface area contributed by atoms with E-state index < -0.39 is 0 Å². The number of furan rings is 1. The minimum Gasteiger partial charge on any atom is -0.460 e. The van der Waals surface area contributed by atoms with Crippen molar-refractivity contribution in [3.8, 4) is 0 Å². The van der Waals surface area contributed by atoms with Gasteiger partial charge in [0.1, 0.15) is 11.3 Å². The van der Waals surface area contributed by atoms with Crippen LogP contribution in [0, 0.1) is 0 Å². The van der Waals surface area contributed by atoms with Crippen molar-refractivity contribution in [1.29, 1.82) is 0 Å². The normalized spacial score (nSPS) is 15.4. The number of aryl methyl sites for hydroxylation is 1. The summed E-state index contributed by atoms with van der Waals surface area (Å²) in [5.41, 5.74) is 2.44. The summed E-state index contributed by atoms with van der Waals surface area (Å²) in [7, 11) is 0. The highest BCUT2D eigenvalue weighted by molar-refractivity contribution is 5.78. The lowest BCUT2D eigenvalue weighted by Crippen LogP contribution is -2.14. The van der Waals surface area contributed by atoms with Gasteiger partial charge in [-0.3, -0.25) is 0 Å². The van der Waals surface area contributed by atoms with Crippen molar-refractivity contribution in [2.24, 2.45) is 0 Å². The molecule has 1 N–H and O–H groups in total. The molecule has 0 unspecified atom stereocenters. The molecule has 1 aromatic heterocycles. The molecule has 0 aliphatic heterocycles. The molecular weight excluding hydrogens is 222 g/mol. The third-order valence-corrected chi connectivity index (χ3v) is 3.59. The van der Waals surface area contributed by atoms with E-state index in [1.54, 1.807) is 0 Å². The average Bonchev–Trinajstić information content (AvgIpc) is 3.12. The Hall–Kier alpha value is -1.28. The molecule has 1 fully saturated rings. The first-order valence-electron chi connectivity index (χ1n) is 7.10. The largest absolute Gasteiger partial charge is 0.460 e. The highest BCUT2D eigenvalue weighted by Gasteiger charge is 2.20. The SMILES string of the molecule is CCCCc1ccc2oc(CNC3CC3)cc2c1. The molecule has 96 valence electrons. The lowest BCUT2D eigenvalue weighted by molar-refractivity contribution is 0.512. The lowest BCUT2D eigenvalue weighted by atomic mass is 10.1. The molecule has 0 saturated heterocycles. The second kappa shape index (κ2) is 5.15. The highest BCUT2D eigenvalue weighted by atomic mass is 16.3. The van der Waals surface area contributed by atoms with E-state index in [0.29, 0.717) is 0 Å².